The zero-order valence-electron chi connectivity index (χ0n) is 13.6. The maximum absolute atomic E-state index is 12.3. The lowest BCUT2D eigenvalue weighted by molar-refractivity contribution is -0.129. The van der Waals surface area contributed by atoms with Gasteiger partial charge < -0.3 is 10.2 Å². The summed E-state index contributed by atoms with van der Waals surface area (Å²) < 4.78 is 0. The Morgan fingerprint density at radius 2 is 1.61 bits per heavy atom. The van der Waals surface area contributed by atoms with Crippen LogP contribution in [-0.2, 0) is 4.79 Å². The van der Waals surface area contributed by atoms with E-state index in [-0.39, 0.29) is 22.7 Å². The van der Waals surface area contributed by atoms with Crippen LogP contribution in [0.4, 0.5) is 0 Å². The summed E-state index contributed by atoms with van der Waals surface area (Å²) in [5.74, 6) is 0.263. The lowest BCUT2D eigenvalue weighted by atomic mass is 9.71. The highest BCUT2D eigenvalue weighted by Gasteiger charge is 2.34. The third-order valence-electron chi connectivity index (χ3n) is 3.04. The van der Waals surface area contributed by atoms with Crippen LogP contribution in [0.2, 0.25) is 0 Å². The first-order valence-corrected chi connectivity index (χ1v) is 6.86. The highest BCUT2D eigenvalue weighted by molar-refractivity contribution is 5.79. The van der Waals surface area contributed by atoms with Gasteiger partial charge >= 0.3 is 0 Å². The van der Waals surface area contributed by atoms with Crippen molar-refractivity contribution in [2.24, 2.45) is 16.7 Å². The number of rotatable bonds is 5. The van der Waals surface area contributed by atoms with Crippen molar-refractivity contribution in [3.63, 3.8) is 0 Å². The summed E-state index contributed by atoms with van der Waals surface area (Å²) in [6, 6.07) is 0. The first-order chi connectivity index (χ1) is 7.93. The molecule has 1 atom stereocenters. The molecular formula is C15H32N2O. The fraction of sp³-hybridized carbons (Fsp3) is 0.933. The maximum atomic E-state index is 12.3. The average Bonchev–Trinajstić information content (AvgIpc) is 2.10. The van der Waals surface area contributed by atoms with Crippen molar-refractivity contribution in [1.29, 1.82) is 0 Å². The van der Waals surface area contributed by atoms with Crippen LogP contribution in [0.3, 0.4) is 0 Å². The molecule has 0 aliphatic rings. The monoisotopic (exact) mass is 256 g/mol. The Morgan fingerprint density at radius 3 is 1.94 bits per heavy atom. The van der Waals surface area contributed by atoms with Gasteiger partial charge in [-0.15, -0.1) is 0 Å². The highest BCUT2D eigenvalue weighted by Crippen LogP contribution is 2.35. The molecule has 0 spiro atoms. The number of hydrogen-bond donors (Lipinski definition) is 1. The van der Waals surface area contributed by atoms with Gasteiger partial charge in [0.25, 0.3) is 0 Å². The van der Waals surface area contributed by atoms with Crippen LogP contribution >= 0.6 is 0 Å². The van der Waals surface area contributed by atoms with Gasteiger partial charge in [-0.2, -0.15) is 0 Å². The molecule has 0 fully saturated rings. The molecule has 3 nitrogen and oxygen atoms in total. The normalized spacial score (nSPS) is 14.7. The fourth-order valence-corrected chi connectivity index (χ4v) is 1.93. The summed E-state index contributed by atoms with van der Waals surface area (Å²) in [5.41, 5.74) is 0.187. The van der Waals surface area contributed by atoms with E-state index in [1.165, 1.54) is 0 Å². The minimum Gasteiger partial charge on any atom is -0.355 e. The summed E-state index contributed by atoms with van der Waals surface area (Å²) in [7, 11) is 4.03. The fourth-order valence-electron chi connectivity index (χ4n) is 1.93. The van der Waals surface area contributed by atoms with E-state index in [2.05, 4.69) is 51.8 Å². The van der Waals surface area contributed by atoms with Gasteiger partial charge in [0, 0.05) is 19.0 Å². The van der Waals surface area contributed by atoms with E-state index < -0.39 is 0 Å². The van der Waals surface area contributed by atoms with Gasteiger partial charge in [-0.1, -0.05) is 41.5 Å². The Balaban J connectivity index is 4.53. The molecule has 1 unspecified atom stereocenters. The molecule has 0 aromatic carbocycles. The van der Waals surface area contributed by atoms with Gasteiger partial charge in [0.15, 0.2) is 0 Å². The predicted octanol–water partition coefficient (Wildman–Crippen LogP) is 2.76. The van der Waals surface area contributed by atoms with E-state index in [0.29, 0.717) is 0 Å². The molecule has 0 bridgehead atoms. The number of nitrogens with one attached hydrogen (secondary N) is 1. The molecule has 1 N–H and O–H groups in total. The molecule has 1 amide bonds. The molecule has 0 aromatic heterocycles. The first kappa shape index (κ1) is 17.4. The minimum atomic E-state index is 0.00940. The summed E-state index contributed by atoms with van der Waals surface area (Å²) in [5, 5.41) is 3.06. The van der Waals surface area contributed by atoms with Crippen LogP contribution < -0.4 is 5.32 Å². The second-order valence-electron chi connectivity index (χ2n) is 7.78. The largest absolute Gasteiger partial charge is 0.355 e. The van der Waals surface area contributed by atoms with Crippen molar-refractivity contribution in [2.45, 2.75) is 48.0 Å². The van der Waals surface area contributed by atoms with Crippen molar-refractivity contribution >= 4 is 5.91 Å². The topological polar surface area (TPSA) is 32.3 Å². The summed E-state index contributed by atoms with van der Waals surface area (Å²) in [6.45, 7) is 14.6. The first-order valence-electron chi connectivity index (χ1n) is 6.86. The molecule has 0 rings (SSSR count). The number of nitrogens with zero attached hydrogens (tertiary/aromatic N) is 1. The summed E-state index contributed by atoms with van der Waals surface area (Å²) >= 11 is 0. The van der Waals surface area contributed by atoms with E-state index in [4.69, 9.17) is 0 Å². The van der Waals surface area contributed by atoms with Crippen LogP contribution in [0.5, 0.6) is 0 Å². The van der Waals surface area contributed by atoms with Gasteiger partial charge in [-0.25, -0.2) is 0 Å². The quantitative estimate of drug-likeness (QED) is 0.820. The van der Waals surface area contributed by atoms with Gasteiger partial charge in [0.05, 0.1) is 0 Å². The Kier molecular flexibility index (Phi) is 6.35. The van der Waals surface area contributed by atoms with Crippen LogP contribution in [0.15, 0.2) is 0 Å². The molecule has 18 heavy (non-hydrogen) atoms. The molecule has 0 radical (unpaired) electrons. The van der Waals surface area contributed by atoms with Gasteiger partial charge in [0.1, 0.15) is 0 Å². The van der Waals surface area contributed by atoms with Gasteiger partial charge in [0.2, 0.25) is 5.91 Å². The van der Waals surface area contributed by atoms with E-state index >= 15 is 0 Å². The van der Waals surface area contributed by atoms with Crippen LogP contribution in [0.1, 0.15) is 48.0 Å². The van der Waals surface area contributed by atoms with Crippen molar-refractivity contribution in [1.82, 2.24) is 10.2 Å². The molecule has 0 saturated carbocycles. The van der Waals surface area contributed by atoms with E-state index in [1.54, 1.807) is 0 Å². The van der Waals surface area contributed by atoms with Crippen LogP contribution in [-0.4, -0.2) is 38.0 Å². The van der Waals surface area contributed by atoms with E-state index in [0.717, 1.165) is 19.5 Å². The molecule has 0 aromatic rings. The number of likely N-dealkylation sites (N-methyl/N-ethyl adjacent to an activating group) is 1. The number of amides is 1. The van der Waals surface area contributed by atoms with Crippen molar-refractivity contribution < 1.29 is 4.79 Å². The molecule has 108 valence electrons. The molecule has 0 aliphatic carbocycles. The number of hydrogen-bond acceptors (Lipinski definition) is 2. The zero-order chi connectivity index (χ0) is 14.6. The number of carbonyl (C=O) groups excluding carboxylic acids is 1. The average molecular weight is 256 g/mol. The molecule has 3 heteroatoms. The molecular weight excluding hydrogens is 224 g/mol. The van der Waals surface area contributed by atoms with Crippen LogP contribution in [0, 0.1) is 16.7 Å². The maximum Gasteiger partial charge on any atom is 0.223 e. The number of carbonyl (C=O) groups is 1. The molecule has 0 saturated heterocycles. The van der Waals surface area contributed by atoms with Gasteiger partial charge in [-0.05, 0) is 31.3 Å². The third-order valence-corrected chi connectivity index (χ3v) is 3.04. The summed E-state index contributed by atoms with van der Waals surface area (Å²) in [6.07, 6.45) is 0.921. The zero-order valence-corrected chi connectivity index (χ0v) is 13.6. The SMILES string of the molecule is CN(C)CCNC(=O)C(CC(C)(C)C)C(C)(C)C. The molecule has 0 heterocycles. The minimum absolute atomic E-state index is 0.00940. The second-order valence-corrected chi connectivity index (χ2v) is 7.78. The molecule has 0 aliphatic heterocycles. The van der Waals surface area contributed by atoms with E-state index in [9.17, 15) is 4.79 Å². The van der Waals surface area contributed by atoms with Crippen LogP contribution in [0.25, 0.3) is 0 Å². The van der Waals surface area contributed by atoms with E-state index in [1.807, 2.05) is 14.1 Å². The van der Waals surface area contributed by atoms with Gasteiger partial charge in [-0.3, -0.25) is 4.79 Å². The Morgan fingerprint density at radius 1 is 1.11 bits per heavy atom. The summed E-state index contributed by atoms with van der Waals surface area (Å²) in [4.78, 5) is 14.4. The smallest absolute Gasteiger partial charge is 0.223 e. The van der Waals surface area contributed by atoms with Crippen molar-refractivity contribution in [3.05, 3.63) is 0 Å². The Bertz CT molecular complexity index is 259. The second kappa shape index (κ2) is 6.55. The Labute approximate surface area is 113 Å². The van der Waals surface area contributed by atoms with Crippen molar-refractivity contribution in [2.75, 3.05) is 27.2 Å². The lowest BCUT2D eigenvalue weighted by Crippen LogP contribution is -2.42. The highest BCUT2D eigenvalue weighted by atomic mass is 16.1. The standard InChI is InChI=1S/C15H32N2O/c1-14(2,3)11-12(15(4,5)6)13(18)16-9-10-17(7)8/h12H,9-11H2,1-8H3,(H,16,18). The Hall–Kier alpha value is -0.570. The van der Waals surface area contributed by atoms with Crippen molar-refractivity contribution in [3.8, 4) is 0 Å². The predicted molar refractivity (Wildman–Crippen MR) is 78.6 cm³/mol. The third kappa shape index (κ3) is 7.70. The lowest BCUT2D eigenvalue weighted by Gasteiger charge is -2.34.